The van der Waals surface area contributed by atoms with Gasteiger partial charge in [0.15, 0.2) is 16.6 Å². The van der Waals surface area contributed by atoms with E-state index in [1.54, 1.807) is 0 Å². The second-order valence-corrected chi connectivity index (χ2v) is 15.3. The van der Waals surface area contributed by atoms with Crippen LogP contribution in [0.25, 0.3) is 0 Å². The van der Waals surface area contributed by atoms with Gasteiger partial charge in [0.25, 0.3) is 0 Å². The maximum absolute atomic E-state index is 6.14. The maximum atomic E-state index is 6.14. The first-order valence-corrected chi connectivity index (χ1v) is 13.1. The van der Waals surface area contributed by atoms with Crippen molar-refractivity contribution in [2.24, 2.45) is 0 Å². The molecule has 0 aliphatic rings. The van der Waals surface area contributed by atoms with Crippen molar-refractivity contribution >= 4 is 16.6 Å². The summed E-state index contributed by atoms with van der Waals surface area (Å²) in [6, 6.07) is 0. The van der Waals surface area contributed by atoms with E-state index in [9.17, 15) is 0 Å². The van der Waals surface area contributed by atoms with Crippen LogP contribution in [0.15, 0.2) is 0 Å². The Labute approximate surface area is 115 Å². The lowest BCUT2D eigenvalue weighted by molar-refractivity contribution is 0.0503. The summed E-state index contributed by atoms with van der Waals surface area (Å²) < 4.78 is 12.3. The molecule has 0 saturated heterocycles. The molecule has 4 heteroatoms. The minimum absolute atomic E-state index is 0.0792. The van der Waals surface area contributed by atoms with E-state index in [2.05, 4.69) is 51.1 Å². The zero-order valence-electron chi connectivity index (χ0n) is 12.5. The molecule has 0 saturated carbocycles. The molecule has 0 rings (SSSR count). The standard InChI is InChI=1S/C14H26O2Si2/c1-9-11-13(15-17(3,4)5)14(12-10-2)16-18(6,7)8/h1-2,13-14H,11-12H2,3-8H3/t13-,14-/m1/s1. The van der Waals surface area contributed by atoms with E-state index in [4.69, 9.17) is 21.7 Å². The third kappa shape index (κ3) is 8.55. The molecule has 0 fully saturated rings. The lowest BCUT2D eigenvalue weighted by Crippen LogP contribution is -2.44. The fraction of sp³-hybridized carbons (Fsp3) is 0.714. The summed E-state index contributed by atoms with van der Waals surface area (Å²) in [7, 11) is -3.31. The predicted octanol–water partition coefficient (Wildman–Crippen LogP) is 3.47. The quantitative estimate of drug-likeness (QED) is 0.526. The van der Waals surface area contributed by atoms with Crippen molar-refractivity contribution in [2.45, 2.75) is 64.3 Å². The Hall–Kier alpha value is -0.526. The average molecular weight is 283 g/mol. The lowest BCUT2D eigenvalue weighted by Gasteiger charge is -2.34. The van der Waals surface area contributed by atoms with Crippen LogP contribution in [0.5, 0.6) is 0 Å². The minimum atomic E-state index is -1.65. The van der Waals surface area contributed by atoms with Crippen molar-refractivity contribution in [3.8, 4) is 24.7 Å². The minimum Gasteiger partial charge on any atom is -0.411 e. The number of terminal acetylenes is 2. The van der Waals surface area contributed by atoms with E-state index in [1.807, 2.05) is 0 Å². The molecular formula is C14H26O2Si2. The van der Waals surface area contributed by atoms with E-state index in [1.165, 1.54) is 0 Å². The molecule has 102 valence electrons. The number of hydrogen-bond acceptors (Lipinski definition) is 2. The Kier molecular flexibility index (Phi) is 6.95. The van der Waals surface area contributed by atoms with Gasteiger partial charge in [-0.15, -0.1) is 24.7 Å². The van der Waals surface area contributed by atoms with Gasteiger partial charge in [0, 0.05) is 12.8 Å². The van der Waals surface area contributed by atoms with Crippen molar-refractivity contribution < 1.29 is 8.85 Å². The second-order valence-electron chi connectivity index (χ2n) is 6.35. The first-order chi connectivity index (χ1) is 8.09. The van der Waals surface area contributed by atoms with Gasteiger partial charge in [-0.1, -0.05) is 0 Å². The van der Waals surface area contributed by atoms with E-state index >= 15 is 0 Å². The number of hydrogen-bond donors (Lipinski definition) is 0. The Morgan fingerprint density at radius 3 is 1.22 bits per heavy atom. The summed E-state index contributed by atoms with van der Waals surface area (Å²) in [6.07, 6.45) is 11.8. The van der Waals surface area contributed by atoms with Crippen LogP contribution in [-0.2, 0) is 8.85 Å². The monoisotopic (exact) mass is 282 g/mol. The zero-order valence-corrected chi connectivity index (χ0v) is 14.5. The average Bonchev–Trinajstić information content (AvgIpc) is 2.12. The van der Waals surface area contributed by atoms with Crippen molar-refractivity contribution in [1.82, 2.24) is 0 Å². The summed E-state index contributed by atoms with van der Waals surface area (Å²) >= 11 is 0. The molecule has 0 N–H and O–H groups in total. The van der Waals surface area contributed by atoms with Gasteiger partial charge in [0.05, 0.1) is 12.2 Å². The molecule has 0 unspecified atom stereocenters. The molecule has 0 amide bonds. The first kappa shape index (κ1) is 17.5. The normalized spacial score (nSPS) is 15.6. The first-order valence-electron chi connectivity index (χ1n) is 6.31. The molecule has 2 nitrogen and oxygen atoms in total. The Morgan fingerprint density at radius 1 is 0.778 bits per heavy atom. The Bertz CT molecular complexity index is 292. The Morgan fingerprint density at radius 2 is 1.06 bits per heavy atom. The van der Waals surface area contributed by atoms with Crippen LogP contribution in [0.3, 0.4) is 0 Å². The summed E-state index contributed by atoms with van der Waals surface area (Å²) in [5.41, 5.74) is 0. The van der Waals surface area contributed by atoms with Gasteiger partial charge in [-0.2, -0.15) is 0 Å². The highest BCUT2D eigenvalue weighted by Gasteiger charge is 2.31. The molecular weight excluding hydrogens is 256 g/mol. The highest BCUT2D eigenvalue weighted by molar-refractivity contribution is 6.70. The SMILES string of the molecule is C#CC[C@@H](O[Si](C)(C)C)[C@@H](CC#C)O[Si](C)(C)C. The highest BCUT2D eigenvalue weighted by atomic mass is 28.4. The number of rotatable bonds is 7. The summed E-state index contributed by atoms with van der Waals surface area (Å²) in [6.45, 7) is 12.9. The van der Waals surface area contributed by atoms with E-state index in [-0.39, 0.29) is 12.2 Å². The molecule has 0 aromatic rings. The van der Waals surface area contributed by atoms with Gasteiger partial charge in [0.1, 0.15) is 0 Å². The third-order valence-corrected chi connectivity index (χ3v) is 4.08. The van der Waals surface area contributed by atoms with Gasteiger partial charge >= 0.3 is 0 Å². The smallest absolute Gasteiger partial charge is 0.184 e. The molecule has 0 bridgehead atoms. The van der Waals surface area contributed by atoms with Gasteiger partial charge < -0.3 is 8.85 Å². The van der Waals surface area contributed by atoms with Gasteiger partial charge in [-0.3, -0.25) is 0 Å². The molecule has 2 atom stereocenters. The molecule has 0 aliphatic carbocycles. The van der Waals surface area contributed by atoms with Crippen LogP contribution >= 0.6 is 0 Å². The third-order valence-electron chi connectivity index (χ3n) is 2.06. The van der Waals surface area contributed by atoms with E-state index < -0.39 is 16.6 Å². The molecule has 0 aromatic carbocycles. The summed E-state index contributed by atoms with van der Waals surface area (Å²) in [5, 5.41) is 0. The van der Waals surface area contributed by atoms with E-state index in [0.29, 0.717) is 12.8 Å². The van der Waals surface area contributed by atoms with Crippen LogP contribution in [0.2, 0.25) is 39.3 Å². The zero-order chi connectivity index (χ0) is 14.4. The van der Waals surface area contributed by atoms with Gasteiger partial charge in [-0.05, 0) is 39.3 Å². The second kappa shape index (κ2) is 7.16. The fourth-order valence-corrected chi connectivity index (χ4v) is 3.93. The van der Waals surface area contributed by atoms with Crippen molar-refractivity contribution in [2.75, 3.05) is 0 Å². The molecule has 18 heavy (non-hydrogen) atoms. The largest absolute Gasteiger partial charge is 0.411 e. The Balaban J connectivity index is 4.89. The summed E-state index contributed by atoms with van der Waals surface area (Å²) in [4.78, 5) is 0. The van der Waals surface area contributed by atoms with Crippen LogP contribution in [0.1, 0.15) is 12.8 Å². The van der Waals surface area contributed by atoms with Crippen LogP contribution < -0.4 is 0 Å². The predicted molar refractivity (Wildman–Crippen MR) is 83.3 cm³/mol. The molecule has 0 heterocycles. The van der Waals surface area contributed by atoms with Gasteiger partial charge in [-0.25, -0.2) is 0 Å². The molecule has 0 aromatic heterocycles. The van der Waals surface area contributed by atoms with Crippen molar-refractivity contribution in [1.29, 1.82) is 0 Å². The van der Waals surface area contributed by atoms with Crippen molar-refractivity contribution in [3.05, 3.63) is 0 Å². The van der Waals surface area contributed by atoms with Crippen LogP contribution in [0, 0.1) is 24.7 Å². The lowest BCUT2D eigenvalue weighted by atomic mass is 10.1. The van der Waals surface area contributed by atoms with Gasteiger partial charge in [0.2, 0.25) is 0 Å². The molecule has 0 spiro atoms. The van der Waals surface area contributed by atoms with E-state index in [0.717, 1.165) is 0 Å². The topological polar surface area (TPSA) is 18.5 Å². The molecule has 0 aliphatic heterocycles. The summed E-state index contributed by atoms with van der Waals surface area (Å²) in [5.74, 6) is 5.36. The molecule has 0 radical (unpaired) electrons. The fourth-order valence-electron chi connectivity index (χ4n) is 1.64. The van der Waals surface area contributed by atoms with Crippen molar-refractivity contribution in [3.63, 3.8) is 0 Å². The highest BCUT2D eigenvalue weighted by Crippen LogP contribution is 2.21. The van der Waals surface area contributed by atoms with Crippen LogP contribution in [-0.4, -0.2) is 28.8 Å². The maximum Gasteiger partial charge on any atom is 0.184 e. The van der Waals surface area contributed by atoms with Crippen LogP contribution in [0.4, 0.5) is 0 Å².